The molecule has 3 rings (SSSR count). The van der Waals surface area contributed by atoms with Crippen molar-refractivity contribution in [2.45, 2.75) is 181 Å². The van der Waals surface area contributed by atoms with Crippen molar-refractivity contribution in [2.24, 2.45) is 0 Å². The minimum Gasteiger partial charge on any atom is -0.494 e. The largest absolute Gasteiger partial charge is 0.494 e. The van der Waals surface area contributed by atoms with Crippen LogP contribution in [0.4, 0.5) is 0 Å². The third kappa shape index (κ3) is 36.9. The average Bonchev–Trinajstić information content (AvgIpc) is 3.47. The molecular weight excluding hydrogens is 1030 g/mol. The molecule has 0 radical (unpaired) electrons. The Balaban J connectivity index is 1.28. The highest BCUT2D eigenvalue weighted by molar-refractivity contribution is 5.88. The van der Waals surface area contributed by atoms with Crippen molar-refractivity contribution >= 4 is 54.0 Å². The van der Waals surface area contributed by atoms with Gasteiger partial charge in [-0.25, -0.2) is 14.4 Å². The Morgan fingerprint density at radius 2 is 0.593 bits per heavy atom. The Morgan fingerprint density at radius 1 is 0.333 bits per heavy atom. The highest BCUT2D eigenvalue weighted by Gasteiger charge is 2.20. The number of unbranched alkanes of at least 4 members (excludes halogenated alkanes) is 18. The van der Waals surface area contributed by atoms with Gasteiger partial charge in [0.15, 0.2) is 6.10 Å². The van der Waals surface area contributed by atoms with Gasteiger partial charge in [0.05, 0.1) is 39.6 Å². The van der Waals surface area contributed by atoms with Gasteiger partial charge >= 0.3 is 35.8 Å². The summed E-state index contributed by atoms with van der Waals surface area (Å²) in [5, 5.41) is 0. The number of hydrogen-bond donors (Lipinski definition) is 0. The molecule has 0 fully saturated rings. The maximum Gasteiger partial charge on any atom is 0.330 e. The van der Waals surface area contributed by atoms with E-state index in [1.54, 1.807) is 39.0 Å². The minimum atomic E-state index is -0.884. The monoisotopic (exact) mass is 1120 g/mol. The molecule has 0 atom stereocenters. The van der Waals surface area contributed by atoms with Crippen LogP contribution in [0.2, 0.25) is 0 Å². The number of rotatable bonds is 47. The first-order valence-electron chi connectivity index (χ1n) is 29.8. The van der Waals surface area contributed by atoms with Gasteiger partial charge in [-0.2, -0.15) is 0 Å². The van der Waals surface area contributed by atoms with E-state index in [-0.39, 0.29) is 62.3 Å². The van der Waals surface area contributed by atoms with Crippen LogP contribution in [0.15, 0.2) is 91.0 Å². The Labute approximate surface area is 482 Å². The van der Waals surface area contributed by atoms with Crippen LogP contribution in [0.1, 0.15) is 192 Å². The van der Waals surface area contributed by atoms with Crippen molar-refractivity contribution in [1.29, 1.82) is 0 Å². The summed E-state index contributed by atoms with van der Waals surface area (Å²) in [5.41, 5.74) is 2.67. The average molecular weight is 1130 g/mol. The maximum atomic E-state index is 13.0. The molecule has 0 heterocycles. The van der Waals surface area contributed by atoms with Crippen LogP contribution in [0.3, 0.4) is 0 Å². The van der Waals surface area contributed by atoms with Crippen molar-refractivity contribution in [3.63, 3.8) is 0 Å². The van der Waals surface area contributed by atoms with E-state index in [0.29, 0.717) is 58.9 Å². The second kappa shape index (κ2) is 45.8. The highest BCUT2D eigenvalue weighted by atomic mass is 16.6. The first-order valence-corrected chi connectivity index (χ1v) is 29.8. The zero-order chi connectivity index (χ0) is 58.2. The Kier molecular flexibility index (Phi) is 38.7. The molecule has 15 heteroatoms. The fourth-order valence-electron chi connectivity index (χ4n) is 8.30. The van der Waals surface area contributed by atoms with E-state index in [4.69, 9.17) is 42.6 Å². The number of hydrogen-bond acceptors (Lipinski definition) is 15. The van der Waals surface area contributed by atoms with Gasteiger partial charge < -0.3 is 42.6 Å². The lowest BCUT2D eigenvalue weighted by atomic mass is 10.1. The third-order valence-corrected chi connectivity index (χ3v) is 12.8. The molecule has 0 aliphatic heterocycles. The lowest BCUT2D eigenvalue weighted by Crippen LogP contribution is -2.30. The van der Waals surface area contributed by atoms with E-state index in [1.165, 1.54) is 18.2 Å². The normalized spacial score (nSPS) is 11.3. The summed E-state index contributed by atoms with van der Waals surface area (Å²) in [6, 6.07) is 22.7. The standard InChI is InChI=1S/C66H92O15/c1-4-73-63(69)46-37-54-31-40-57(41-32-54)76-49-25-19-13-7-10-16-22-28-61(67)79-52-60(81-66(72)30-24-18-12-9-15-21-27-51-78-59-44-35-56(36-45-59)39-48-65(71)75-6-3)53-80-62(68)29-23-17-11-8-14-20-26-50-77-58-42-33-55(34-43-58)38-47-64(70)74-5-2/h31-48,60H,4-30,49-53H2,1-3H3/b46-37+,47-38+,48-39+. The van der Waals surface area contributed by atoms with Crippen LogP contribution in [0.5, 0.6) is 17.2 Å². The van der Waals surface area contributed by atoms with Gasteiger partial charge in [-0.15, -0.1) is 0 Å². The molecule has 15 nitrogen and oxygen atoms in total. The fourth-order valence-corrected chi connectivity index (χ4v) is 8.30. The topological polar surface area (TPSA) is 185 Å². The van der Waals surface area contributed by atoms with Gasteiger partial charge in [-0.05, 0) is 131 Å². The van der Waals surface area contributed by atoms with Crippen molar-refractivity contribution in [1.82, 2.24) is 0 Å². The predicted molar refractivity (Wildman–Crippen MR) is 315 cm³/mol. The lowest BCUT2D eigenvalue weighted by molar-refractivity contribution is -0.167. The first kappa shape index (κ1) is 68.4. The molecule has 0 amide bonds. The van der Waals surface area contributed by atoms with Crippen molar-refractivity contribution in [3.8, 4) is 17.2 Å². The molecule has 0 unspecified atom stereocenters. The molecule has 0 saturated heterocycles. The molecular formula is C66H92O15. The van der Waals surface area contributed by atoms with Crippen LogP contribution in [-0.2, 0) is 57.2 Å². The summed E-state index contributed by atoms with van der Waals surface area (Å²) in [4.78, 5) is 73.1. The van der Waals surface area contributed by atoms with Crippen LogP contribution in [0, 0.1) is 0 Å². The molecule has 0 aliphatic rings. The molecule has 3 aromatic rings. The van der Waals surface area contributed by atoms with Crippen LogP contribution in [-0.4, -0.2) is 94.8 Å². The van der Waals surface area contributed by atoms with E-state index in [9.17, 15) is 28.8 Å². The summed E-state index contributed by atoms with van der Waals surface area (Å²) in [6.45, 7) is 7.86. The van der Waals surface area contributed by atoms with Crippen LogP contribution < -0.4 is 14.2 Å². The molecule has 0 aliphatic carbocycles. The molecule has 0 saturated carbocycles. The van der Waals surface area contributed by atoms with Crippen molar-refractivity contribution in [3.05, 3.63) is 108 Å². The number of esters is 6. The summed E-state index contributed by atoms with van der Waals surface area (Å²) in [7, 11) is 0. The van der Waals surface area contributed by atoms with Gasteiger partial charge in [-0.1, -0.05) is 133 Å². The molecule has 446 valence electrons. The summed E-state index contributed by atoms with van der Waals surface area (Å²) < 4.78 is 49.2. The smallest absolute Gasteiger partial charge is 0.330 e. The molecule has 0 spiro atoms. The van der Waals surface area contributed by atoms with Gasteiger partial charge in [0.1, 0.15) is 30.5 Å². The maximum absolute atomic E-state index is 13.0. The van der Waals surface area contributed by atoms with Crippen molar-refractivity contribution in [2.75, 3.05) is 52.9 Å². The molecule has 0 N–H and O–H groups in total. The quantitative estimate of drug-likeness (QED) is 0.0225. The lowest BCUT2D eigenvalue weighted by Gasteiger charge is -2.18. The first-order chi connectivity index (χ1) is 39.6. The molecule has 3 aromatic carbocycles. The number of carbonyl (C=O) groups excluding carboxylic acids is 6. The van der Waals surface area contributed by atoms with Gasteiger partial charge in [0, 0.05) is 37.5 Å². The zero-order valence-corrected chi connectivity index (χ0v) is 48.7. The van der Waals surface area contributed by atoms with Crippen molar-refractivity contribution < 1.29 is 71.4 Å². The van der Waals surface area contributed by atoms with Crippen LogP contribution in [0.25, 0.3) is 18.2 Å². The summed E-state index contributed by atoms with van der Waals surface area (Å²) >= 11 is 0. The Bertz CT molecular complexity index is 2160. The Morgan fingerprint density at radius 3 is 0.877 bits per heavy atom. The number of ether oxygens (including phenoxy) is 9. The molecule has 81 heavy (non-hydrogen) atoms. The molecule has 0 aromatic heterocycles. The van der Waals surface area contributed by atoms with E-state index < -0.39 is 12.1 Å². The van der Waals surface area contributed by atoms with E-state index >= 15 is 0 Å². The van der Waals surface area contributed by atoms with E-state index in [0.717, 1.165) is 150 Å². The number of benzene rings is 3. The summed E-state index contributed by atoms with van der Waals surface area (Å²) in [5.74, 6) is 0.106. The predicted octanol–water partition coefficient (Wildman–Crippen LogP) is 14.3. The van der Waals surface area contributed by atoms with Gasteiger partial charge in [0.25, 0.3) is 0 Å². The van der Waals surface area contributed by atoms with Gasteiger partial charge in [-0.3, -0.25) is 14.4 Å². The summed E-state index contributed by atoms with van der Waals surface area (Å²) in [6.07, 6.45) is 29.3. The van der Waals surface area contributed by atoms with Gasteiger partial charge in [0.2, 0.25) is 0 Å². The number of carbonyl (C=O) groups is 6. The molecule has 0 bridgehead atoms. The SMILES string of the molecule is CCOC(=O)/C=C/c1ccc(OCCCCCCCCCC(=O)OCC(COC(=O)CCCCCCCCCOc2ccc(/C=C/C(=O)OCC)cc2)OC(=O)CCCCCCCCCOc2ccc(/C=C/C(=O)OCC)cc2)cc1. The fraction of sp³-hybridized carbons (Fsp3) is 0.545. The van der Waals surface area contributed by atoms with E-state index in [2.05, 4.69) is 0 Å². The zero-order valence-electron chi connectivity index (χ0n) is 48.7. The second-order valence-corrected chi connectivity index (χ2v) is 19.7. The van der Waals surface area contributed by atoms with Crippen LogP contribution >= 0.6 is 0 Å². The third-order valence-electron chi connectivity index (χ3n) is 12.8. The minimum absolute atomic E-state index is 0.173. The second-order valence-electron chi connectivity index (χ2n) is 19.7. The van der Waals surface area contributed by atoms with E-state index in [1.807, 2.05) is 72.8 Å². The Hall–Kier alpha value is -6.90. The highest BCUT2D eigenvalue weighted by Crippen LogP contribution is 2.19.